The summed E-state index contributed by atoms with van der Waals surface area (Å²) in [7, 11) is 0. The van der Waals surface area contributed by atoms with Gasteiger partial charge >= 0.3 is 105 Å². The predicted molar refractivity (Wildman–Crippen MR) is 23.9 cm³/mol. The van der Waals surface area contributed by atoms with Crippen LogP contribution in [-0.2, 0) is 45.3 Å². The second kappa shape index (κ2) is 8.65. The van der Waals surface area contributed by atoms with E-state index in [4.69, 9.17) is 8.32 Å². The zero-order valence-corrected chi connectivity index (χ0v) is 12.9. The normalized spacial score (nSPS) is 10.2. The molecule has 74 valence electrons. The monoisotopic (exact) mass is 330 g/mol. The maximum absolute atomic E-state index is 9.53. The van der Waals surface area contributed by atoms with Gasteiger partial charge in [0, 0.05) is 0 Å². The minimum absolute atomic E-state index is 0. The molecule has 0 aliphatic rings. The second-order valence-corrected chi connectivity index (χ2v) is 4.68. The molecule has 12 heteroatoms. The van der Waals surface area contributed by atoms with E-state index in [2.05, 4.69) is 2.84 Å². The van der Waals surface area contributed by atoms with Crippen molar-refractivity contribution in [2.45, 2.75) is 0 Å². The molecular weight excluding hydrogens is 326 g/mol. The molecule has 0 aromatic heterocycles. The van der Waals surface area contributed by atoms with E-state index in [9.17, 15) is 15.2 Å². The molecule has 0 radical (unpaired) electrons. The van der Waals surface area contributed by atoms with Crippen molar-refractivity contribution >= 4 is 24.8 Å². The van der Waals surface area contributed by atoms with E-state index in [0.717, 1.165) is 0 Å². The zero-order valence-electron chi connectivity index (χ0n) is 6.57. The van der Waals surface area contributed by atoms with E-state index >= 15 is 0 Å². The van der Waals surface area contributed by atoms with Gasteiger partial charge in [0.05, 0.1) is 0 Å². The predicted octanol–water partition coefficient (Wildman–Crippen LogP) is -3.70. The first kappa shape index (κ1) is 23.9. The van der Waals surface area contributed by atoms with Gasteiger partial charge in [-0.3, -0.25) is 0 Å². The molecule has 0 spiro atoms. The Morgan fingerprint density at radius 2 is 1.08 bits per heavy atom. The van der Waals surface area contributed by atoms with Gasteiger partial charge in [-0.15, -0.1) is 24.8 Å². The summed E-state index contributed by atoms with van der Waals surface area (Å²) in [5, 5.41) is 0. The molecule has 0 aromatic carbocycles. The van der Waals surface area contributed by atoms with E-state index in [1.54, 1.807) is 0 Å². The van der Waals surface area contributed by atoms with Crippen LogP contribution in [0, 0.1) is 0 Å². The summed E-state index contributed by atoms with van der Waals surface area (Å²) in [4.78, 5) is 0. The van der Waals surface area contributed by atoms with Crippen molar-refractivity contribution in [2.75, 3.05) is 0 Å². The number of rotatable bonds is 2. The van der Waals surface area contributed by atoms with Crippen molar-refractivity contribution in [3.05, 3.63) is 0 Å². The number of hydrogen-bond acceptors (Lipinski definition) is 5. The molecule has 0 amide bonds. The van der Waals surface area contributed by atoms with Gasteiger partial charge in [-0.25, -0.2) is 0 Å². The van der Waals surface area contributed by atoms with E-state index < -0.39 is 27.2 Å². The van der Waals surface area contributed by atoms with Crippen LogP contribution in [0.3, 0.4) is 0 Å². The molecule has 7 nitrogen and oxygen atoms in total. The minimum atomic E-state index is -5.76. The van der Waals surface area contributed by atoms with Gasteiger partial charge in [0.25, 0.3) is 0 Å². The van der Waals surface area contributed by atoms with Crippen LogP contribution in [0.25, 0.3) is 0 Å². The molecule has 0 unspecified atom stereocenters. The van der Waals surface area contributed by atoms with Crippen molar-refractivity contribution in [3.8, 4) is 0 Å². The fourth-order valence-electron chi connectivity index (χ4n) is 0.109. The van der Waals surface area contributed by atoms with Crippen LogP contribution in [0.2, 0.25) is 0 Å². The first-order chi connectivity index (χ1) is 3.71. The molecule has 0 saturated heterocycles. The topological polar surface area (TPSA) is 118 Å². The van der Waals surface area contributed by atoms with Crippen molar-refractivity contribution < 1.29 is 106 Å². The average Bonchev–Trinajstić information content (AvgIpc) is 1.14. The van der Waals surface area contributed by atoms with E-state index in [1.807, 2.05) is 0 Å². The number of hydrogen-bond donors (Lipinski definition) is 2. The molecule has 0 aliphatic carbocycles. The molecular formula is H5Cl2Cr2KO7. The molecule has 12 heavy (non-hydrogen) atoms. The van der Waals surface area contributed by atoms with Crippen LogP contribution < -0.4 is 51.4 Å². The Balaban J connectivity index is -0.0000000533. The molecule has 0 atom stereocenters. The van der Waals surface area contributed by atoms with Gasteiger partial charge in [0.15, 0.2) is 0 Å². The van der Waals surface area contributed by atoms with E-state index in [-0.39, 0.29) is 77.6 Å². The second-order valence-electron chi connectivity index (χ2n) is 0.924. The van der Waals surface area contributed by atoms with Crippen LogP contribution in [0.1, 0.15) is 1.43 Å². The SMILES string of the molecule is Cl.Cl.[H-].[K+].[O]=[Cr](=[O])([OH])[O][Cr](=[O])(=[O])[OH]. The molecule has 0 heterocycles. The maximum atomic E-state index is 9.53. The molecule has 0 saturated carbocycles. The fourth-order valence-corrected chi connectivity index (χ4v) is 1.85. The Labute approximate surface area is 129 Å². The Morgan fingerprint density at radius 3 is 1.08 bits per heavy atom. The quantitative estimate of drug-likeness (QED) is 0.500. The molecule has 0 fully saturated rings. The van der Waals surface area contributed by atoms with Crippen molar-refractivity contribution in [1.29, 1.82) is 0 Å². The molecule has 0 bridgehead atoms. The first-order valence-corrected chi connectivity index (χ1v) is 5.63. The van der Waals surface area contributed by atoms with Gasteiger partial charge in [0.2, 0.25) is 0 Å². The van der Waals surface area contributed by atoms with Gasteiger partial charge in [0.1, 0.15) is 0 Å². The van der Waals surface area contributed by atoms with Crippen LogP contribution >= 0.6 is 24.8 Å². The average molecular weight is 331 g/mol. The van der Waals surface area contributed by atoms with Gasteiger partial charge in [-0.05, 0) is 0 Å². The molecule has 2 N–H and O–H groups in total. The van der Waals surface area contributed by atoms with Crippen molar-refractivity contribution in [3.63, 3.8) is 0 Å². The van der Waals surface area contributed by atoms with E-state index in [1.165, 1.54) is 0 Å². The summed E-state index contributed by atoms with van der Waals surface area (Å²) in [6, 6.07) is 0. The third-order valence-electron chi connectivity index (χ3n) is 0.172. The third kappa shape index (κ3) is 22.8. The molecule has 0 aliphatic heterocycles. The zero-order chi connectivity index (χ0) is 7.71. The Hall–Kier alpha value is 2.36. The van der Waals surface area contributed by atoms with Crippen LogP contribution in [-0.4, -0.2) is 8.32 Å². The fraction of sp³-hybridized carbons (Fsp3) is 0. The summed E-state index contributed by atoms with van der Waals surface area (Å²) in [5.74, 6) is 0. The van der Waals surface area contributed by atoms with Crippen molar-refractivity contribution in [1.82, 2.24) is 0 Å². The summed E-state index contributed by atoms with van der Waals surface area (Å²) in [6.07, 6.45) is 0. The third-order valence-corrected chi connectivity index (χ3v) is 2.92. The van der Waals surface area contributed by atoms with E-state index in [0.29, 0.717) is 0 Å². The molecule has 0 aromatic rings. The summed E-state index contributed by atoms with van der Waals surface area (Å²) < 4.78 is 56.3. The summed E-state index contributed by atoms with van der Waals surface area (Å²) in [5.41, 5.74) is 0. The van der Waals surface area contributed by atoms with Gasteiger partial charge in [-0.2, -0.15) is 0 Å². The number of halogens is 2. The molecule has 0 rings (SSSR count). The van der Waals surface area contributed by atoms with Gasteiger partial charge in [-0.1, -0.05) is 0 Å². The van der Waals surface area contributed by atoms with Crippen LogP contribution in [0.5, 0.6) is 0 Å². The first-order valence-electron chi connectivity index (χ1n) is 1.37. The van der Waals surface area contributed by atoms with Crippen LogP contribution in [0.4, 0.5) is 0 Å². The summed E-state index contributed by atoms with van der Waals surface area (Å²) >= 11 is -11.5. The summed E-state index contributed by atoms with van der Waals surface area (Å²) in [6.45, 7) is 0. The van der Waals surface area contributed by atoms with Gasteiger partial charge < -0.3 is 1.43 Å². The Bertz CT molecular complexity index is 250. The standard InChI is InChI=1S/2ClH.2Cr.K.2H2O.5O.H/h2*1H;;;;2*1H2;;;;;;/q;;3*+1;;;;;;;;-1/p-2. The van der Waals surface area contributed by atoms with Crippen molar-refractivity contribution in [2.24, 2.45) is 0 Å². The van der Waals surface area contributed by atoms with Crippen LogP contribution in [0.15, 0.2) is 0 Å². The Kier molecular flexibility index (Phi) is 17.2. The Morgan fingerprint density at radius 1 is 0.917 bits per heavy atom.